The Labute approximate surface area is 109 Å². The van der Waals surface area contributed by atoms with Crippen molar-refractivity contribution in [3.8, 4) is 0 Å². The average Bonchev–Trinajstić information content (AvgIpc) is 2.31. The molecule has 4 fully saturated rings. The lowest BCUT2D eigenvalue weighted by molar-refractivity contribution is -0.00531. The van der Waals surface area contributed by atoms with Gasteiger partial charge in [0.25, 0.3) is 0 Å². The van der Waals surface area contributed by atoms with Crippen LogP contribution in [0, 0.1) is 24.7 Å². The Morgan fingerprint density at radius 3 is 2.17 bits per heavy atom. The Bertz CT molecular complexity index is 457. The lowest BCUT2D eigenvalue weighted by Crippen LogP contribution is -2.48. The van der Waals surface area contributed by atoms with Crippen LogP contribution in [0.2, 0.25) is 0 Å². The number of rotatable bonds is 1. The van der Waals surface area contributed by atoms with Crippen molar-refractivity contribution in [2.24, 2.45) is 17.8 Å². The van der Waals surface area contributed by atoms with E-state index in [2.05, 4.69) is 17.2 Å². The van der Waals surface area contributed by atoms with E-state index in [0.29, 0.717) is 5.41 Å². The van der Waals surface area contributed by atoms with E-state index in [9.17, 15) is 0 Å². The Kier molecular flexibility index (Phi) is 2.10. The summed E-state index contributed by atoms with van der Waals surface area (Å²) in [4.78, 5) is 4.51. The van der Waals surface area contributed by atoms with Gasteiger partial charge in [-0.25, -0.2) is 0 Å². The highest BCUT2D eigenvalue weighted by Gasteiger charge is 2.51. The summed E-state index contributed by atoms with van der Waals surface area (Å²) in [6.45, 7) is 2.00. The molecule has 1 aromatic rings. The van der Waals surface area contributed by atoms with Crippen molar-refractivity contribution in [2.75, 3.05) is 5.73 Å². The molecule has 96 valence electrons. The molecule has 4 aliphatic rings. The number of nitrogens with two attached hydrogens (primary N) is 1. The minimum Gasteiger partial charge on any atom is -0.397 e. The molecule has 4 saturated carbocycles. The normalized spacial score (nSPS) is 41.3. The molecule has 4 bridgehead atoms. The van der Waals surface area contributed by atoms with Gasteiger partial charge >= 0.3 is 0 Å². The maximum absolute atomic E-state index is 6.08. The second-order valence-electron chi connectivity index (χ2n) is 7.10. The molecular formula is C16H22N2. The van der Waals surface area contributed by atoms with E-state index in [1.165, 1.54) is 44.1 Å². The largest absolute Gasteiger partial charge is 0.397 e. The van der Waals surface area contributed by atoms with Crippen LogP contribution in [-0.4, -0.2) is 4.98 Å². The molecule has 1 heterocycles. The standard InChI is InChI=1S/C16H22N2/c1-10-15(17)5-14(9-18-10)16-6-11-2-12(7-16)4-13(3-11)8-16/h5,9,11-13H,2-4,6-8,17H2,1H3. The van der Waals surface area contributed by atoms with E-state index in [-0.39, 0.29) is 0 Å². The molecule has 5 rings (SSSR count). The molecule has 0 aliphatic heterocycles. The van der Waals surface area contributed by atoms with E-state index in [0.717, 1.165) is 29.1 Å². The Morgan fingerprint density at radius 2 is 1.67 bits per heavy atom. The van der Waals surface area contributed by atoms with Crippen LogP contribution in [0.4, 0.5) is 5.69 Å². The minimum absolute atomic E-state index is 0.434. The lowest BCUT2D eigenvalue weighted by atomic mass is 9.48. The average molecular weight is 242 g/mol. The summed E-state index contributed by atoms with van der Waals surface area (Å²) in [6, 6.07) is 2.22. The number of nitrogens with zero attached hydrogens (tertiary/aromatic N) is 1. The molecular weight excluding hydrogens is 220 g/mol. The van der Waals surface area contributed by atoms with Crippen LogP contribution < -0.4 is 5.73 Å². The van der Waals surface area contributed by atoms with Crippen LogP contribution >= 0.6 is 0 Å². The van der Waals surface area contributed by atoms with E-state index in [1.54, 1.807) is 0 Å². The van der Waals surface area contributed by atoms with Gasteiger partial charge in [-0.05, 0) is 80.2 Å². The molecule has 0 unspecified atom stereocenters. The van der Waals surface area contributed by atoms with Gasteiger partial charge in [0.15, 0.2) is 0 Å². The molecule has 4 aliphatic carbocycles. The first-order valence-electron chi connectivity index (χ1n) is 7.37. The van der Waals surface area contributed by atoms with Crippen LogP contribution in [0.15, 0.2) is 12.3 Å². The third kappa shape index (κ3) is 1.44. The second-order valence-corrected chi connectivity index (χ2v) is 7.10. The molecule has 2 nitrogen and oxygen atoms in total. The molecule has 0 aromatic carbocycles. The zero-order valence-electron chi connectivity index (χ0n) is 11.2. The van der Waals surface area contributed by atoms with E-state index < -0.39 is 0 Å². The van der Waals surface area contributed by atoms with Crippen molar-refractivity contribution in [3.63, 3.8) is 0 Å². The van der Waals surface area contributed by atoms with Gasteiger partial charge in [-0.1, -0.05) is 0 Å². The minimum atomic E-state index is 0.434. The van der Waals surface area contributed by atoms with Crippen molar-refractivity contribution >= 4 is 5.69 Å². The van der Waals surface area contributed by atoms with Crippen molar-refractivity contribution in [1.29, 1.82) is 0 Å². The second kappa shape index (κ2) is 3.49. The smallest absolute Gasteiger partial charge is 0.0601 e. The van der Waals surface area contributed by atoms with E-state index >= 15 is 0 Å². The van der Waals surface area contributed by atoms with Crippen molar-refractivity contribution in [2.45, 2.75) is 50.9 Å². The first-order valence-corrected chi connectivity index (χ1v) is 7.37. The highest BCUT2D eigenvalue weighted by Crippen LogP contribution is 2.60. The van der Waals surface area contributed by atoms with Gasteiger partial charge in [0.1, 0.15) is 0 Å². The summed E-state index contributed by atoms with van der Waals surface area (Å²) in [6.07, 6.45) is 10.8. The number of nitrogen functional groups attached to an aromatic ring is 1. The Morgan fingerprint density at radius 1 is 1.11 bits per heavy atom. The molecule has 0 spiro atoms. The molecule has 0 amide bonds. The number of pyridine rings is 1. The lowest BCUT2D eigenvalue weighted by Gasteiger charge is -2.57. The van der Waals surface area contributed by atoms with Crippen LogP contribution in [0.5, 0.6) is 0 Å². The topological polar surface area (TPSA) is 38.9 Å². The van der Waals surface area contributed by atoms with E-state index in [1.807, 2.05) is 6.92 Å². The maximum atomic E-state index is 6.08. The molecule has 2 N–H and O–H groups in total. The number of aromatic nitrogens is 1. The van der Waals surface area contributed by atoms with Crippen molar-refractivity contribution in [1.82, 2.24) is 4.98 Å². The van der Waals surface area contributed by atoms with Crippen LogP contribution in [0.3, 0.4) is 0 Å². The molecule has 0 atom stereocenters. The summed E-state index contributed by atoms with van der Waals surface area (Å²) in [5.41, 5.74) is 9.80. The zero-order chi connectivity index (χ0) is 12.3. The van der Waals surface area contributed by atoms with Crippen molar-refractivity contribution < 1.29 is 0 Å². The monoisotopic (exact) mass is 242 g/mol. The fourth-order valence-corrected chi connectivity index (χ4v) is 5.30. The summed E-state index contributed by atoms with van der Waals surface area (Å²) < 4.78 is 0. The van der Waals surface area contributed by atoms with Gasteiger partial charge < -0.3 is 5.73 Å². The predicted molar refractivity (Wildman–Crippen MR) is 73.2 cm³/mol. The van der Waals surface area contributed by atoms with Crippen molar-refractivity contribution in [3.05, 3.63) is 23.5 Å². The van der Waals surface area contributed by atoms with Gasteiger partial charge in [0, 0.05) is 6.20 Å². The van der Waals surface area contributed by atoms with Gasteiger partial charge in [0.2, 0.25) is 0 Å². The highest BCUT2D eigenvalue weighted by atomic mass is 14.7. The number of anilines is 1. The highest BCUT2D eigenvalue weighted by molar-refractivity contribution is 5.46. The summed E-state index contributed by atoms with van der Waals surface area (Å²) in [7, 11) is 0. The van der Waals surface area contributed by atoms with Crippen LogP contribution in [0.1, 0.15) is 49.8 Å². The van der Waals surface area contributed by atoms with Gasteiger partial charge in [-0.2, -0.15) is 0 Å². The number of hydrogen-bond acceptors (Lipinski definition) is 2. The molecule has 18 heavy (non-hydrogen) atoms. The maximum Gasteiger partial charge on any atom is 0.0601 e. The molecule has 0 radical (unpaired) electrons. The Balaban J connectivity index is 1.76. The van der Waals surface area contributed by atoms with Crippen LogP contribution in [0.25, 0.3) is 0 Å². The van der Waals surface area contributed by atoms with Gasteiger partial charge in [0.05, 0.1) is 11.4 Å². The summed E-state index contributed by atoms with van der Waals surface area (Å²) >= 11 is 0. The van der Waals surface area contributed by atoms with Gasteiger partial charge in [-0.3, -0.25) is 4.98 Å². The summed E-state index contributed by atoms with van der Waals surface area (Å²) in [5, 5.41) is 0. The quantitative estimate of drug-likeness (QED) is 0.819. The molecule has 1 aromatic heterocycles. The predicted octanol–water partition coefficient (Wildman–Crippen LogP) is 3.44. The number of hydrogen-bond donors (Lipinski definition) is 1. The zero-order valence-corrected chi connectivity index (χ0v) is 11.2. The third-order valence-electron chi connectivity index (χ3n) is 5.78. The SMILES string of the molecule is Cc1ncc(C23CC4CC(CC(C4)C2)C3)cc1N. The molecule has 0 saturated heterocycles. The van der Waals surface area contributed by atoms with Crippen LogP contribution in [-0.2, 0) is 5.41 Å². The Hall–Kier alpha value is -1.05. The fraction of sp³-hybridized carbons (Fsp3) is 0.688. The first-order chi connectivity index (χ1) is 8.64. The fourth-order valence-electron chi connectivity index (χ4n) is 5.30. The first kappa shape index (κ1) is 10.8. The van der Waals surface area contributed by atoms with E-state index in [4.69, 9.17) is 5.73 Å². The van der Waals surface area contributed by atoms with Gasteiger partial charge in [-0.15, -0.1) is 0 Å². The third-order valence-corrected chi connectivity index (χ3v) is 5.78. The summed E-state index contributed by atoms with van der Waals surface area (Å²) in [5.74, 6) is 2.95. The number of aryl methyl sites for hydroxylation is 1. The molecule has 2 heteroatoms.